The summed E-state index contributed by atoms with van der Waals surface area (Å²) in [7, 11) is 0. The van der Waals surface area contributed by atoms with Crippen molar-refractivity contribution in [1.29, 1.82) is 0 Å². The molecule has 1 N–H and O–H groups in total. The predicted molar refractivity (Wildman–Crippen MR) is 246 cm³/mol. The second-order valence-electron chi connectivity index (χ2n) is 16.4. The van der Waals surface area contributed by atoms with Gasteiger partial charge in [-0.15, -0.1) is 0 Å². The Kier molecular flexibility index (Phi) is 20.1. The number of hydrogen-bond acceptors (Lipinski definition) is 4. The van der Waals surface area contributed by atoms with E-state index in [0.29, 0.717) is 13.2 Å². The van der Waals surface area contributed by atoms with Crippen molar-refractivity contribution in [1.82, 2.24) is 0 Å². The molecule has 0 spiro atoms. The molecule has 318 valence electrons. The first-order valence-electron chi connectivity index (χ1n) is 23.5. The largest absolute Gasteiger partial charge is 0.508 e. The summed E-state index contributed by atoms with van der Waals surface area (Å²) in [6, 6.07) is 17.3. The number of rotatable bonds is 27. The summed E-state index contributed by atoms with van der Waals surface area (Å²) in [4.78, 5) is 0. The summed E-state index contributed by atoms with van der Waals surface area (Å²) in [5.74, 6) is 3.09. The molecule has 0 aliphatic rings. The topological polar surface area (TPSA) is 47.9 Å². The molecule has 0 aromatic heterocycles. The number of aromatic hydroxyl groups is 1. The van der Waals surface area contributed by atoms with E-state index < -0.39 is 0 Å². The van der Waals surface area contributed by atoms with Gasteiger partial charge in [0.05, 0.1) is 0 Å². The average molecular weight is 791 g/mol. The molecule has 0 amide bonds. The Hall–Kier alpha value is -3.92. The highest BCUT2D eigenvalue weighted by atomic mass is 16.5. The third-order valence-corrected chi connectivity index (χ3v) is 11.6. The van der Waals surface area contributed by atoms with Crippen LogP contribution in [0, 0.1) is 0 Å². The van der Waals surface area contributed by atoms with Crippen LogP contribution in [0.15, 0.2) is 48.5 Å². The highest BCUT2D eigenvalue weighted by Crippen LogP contribution is 2.36. The quantitative estimate of drug-likeness (QED) is 0.0653. The van der Waals surface area contributed by atoms with Crippen molar-refractivity contribution in [3.63, 3.8) is 0 Å². The molecule has 4 rings (SSSR count). The maximum atomic E-state index is 11.7. The average Bonchev–Trinajstić information content (AvgIpc) is 3.21. The first-order chi connectivity index (χ1) is 28.3. The summed E-state index contributed by atoms with van der Waals surface area (Å²) in [6.45, 7) is 21.3. The Bertz CT molecular complexity index is 1850. The number of phenols is 1. The van der Waals surface area contributed by atoms with Gasteiger partial charge in [0.15, 0.2) is 0 Å². The zero-order valence-electron chi connectivity index (χ0n) is 38.1. The molecule has 0 aliphatic heterocycles. The van der Waals surface area contributed by atoms with Gasteiger partial charge < -0.3 is 19.3 Å². The number of benzene rings is 4. The fraction of sp³-hybridized carbons (Fsp3) is 0.556. The van der Waals surface area contributed by atoms with Crippen molar-refractivity contribution in [3.8, 4) is 23.0 Å². The van der Waals surface area contributed by atoms with Gasteiger partial charge in [-0.2, -0.15) is 0 Å². The number of ether oxygens (including phenoxy) is 3. The minimum Gasteiger partial charge on any atom is -0.508 e. The standard InChI is InChI=1S/C54H78O4/c1-10-19-39-29-33-52(46(25-16-7)43(39)22-13-4)56-36-42-28-32-51(55)50(38-58-54-35-31-41(21-12-3)45(24-15-6)48(54)27-18-9)49(42)37-57-53-34-30-40(20-11-2)44(23-14-5)47(53)26-17-8/h28-35,55H,10-27,36-38H2,1-9H3. The Morgan fingerprint density at radius 3 is 0.931 bits per heavy atom. The number of phenolic OH excluding ortho intramolecular Hbond substituents is 1. The fourth-order valence-corrected chi connectivity index (χ4v) is 8.99. The van der Waals surface area contributed by atoms with Gasteiger partial charge in [-0.05, 0) is 138 Å². The summed E-state index contributed by atoms with van der Waals surface area (Å²) in [5.41, 5.74) is 15.5. The maximum Gasteiger partial charge on any atom is 0.123 e. The normalized spacial score (nSPS) is 11.3. The van der Waals surface area contributed by atoms with Gasteiger partial charge in [-0.25, -0.2) is 0 Å². The van der Waals surface area contributed by atoms with Crippen LogP contribution in [0.2, 0.25) is 0 Å². The lowest BCUT2D eigenvalue weighted by Crippen LogP contribution is -2.12. The monoisotopic (exact) mass is 791 g/mol. The van der Waals surface area contributed by atoms with Crippen molar-refractivity contribution in [2.24, 2.45) is 0 Å². The van der Waals surface area contributed by atoms with Gasteiger partial charge in [0.2, 0.25) is 0 Å². The van der Waals surface area contributed by atoms with E-state index in [2.05, 4.69) is 98.7 Å². The lowest BCUT2D eigenvalue weighted by molar-refractivity contribution is 0.266. The fourth-order valence-electron chi connectivity index (χ4n) is 8.99. The van der Waals surface area contributed by atoms with Crippen molar-refractivity contribution < 1.29 is 19.3 Å². The van der Waals surface area contributed by atoms with Gasteiger partial charge in [0.25, 0.3) is 0 Å². The van der Waals surface area contributed by atoms with Gasteiger partial charge in [-0.3, -0.25) is 0 Å². The van der Waals surface area contributed by atoms with Crippen LogP contribution in [0.25, 0.3) is 0 Å². The molecular formula is C54H78O4. The van der Waals surface area contributed by atoms with E-state index in [1.807, 2.05) is 12.1 Å². The summed E-state index contributed by atoms with van der Waals surface area (Å²) >= 11 is 0. The zero-order valence-corrected chi connectivity index (χ0v) is 38.1. The van der Waals surface area contributed by atoms with Gasteiger partial charge >= 0.3 is 0 Å². The minimum absolute atomic E-state index is 0.232. The molecular weight excluding hydrogens is 713 g/mol. The van der Waals surface area contributed by atoms with Crippen LogP contribution in [0.5, 0.6) is 23.0 Å². The number of hydrogen-bond donors (Lipinski definition) is 1. The molecule has 0 radical (unpaired) electrons. The molecule has 4 aromatic rings. The maximum absolute atomic E-state index is 11.7. The van der Waals surface area contributed by atoms with E-state index >= 15 is 0 Å². The molecule has 0 saturated heterocycles. The molecule has 0 unspecified atom stereocenters. The molecule has 4 nitrogen and oxygen atoms in total. The number of aryl methyl sites for hydroxylation is 3. The zero-order chi connectivity index (χ0) is 41.9. The summed E-state index contributed by atoms with van der Waals surface area (Å²) < 4.78 is 20.6. The molecule has 0 heterocycles. The van der Waals surface area contributed by atoms with Gasteiger partial charge in [0, 0.05) is 11.1 Å². The van der Waals surface area contributed by atoms with Crippen LogP contribution >= 0.6 is 0 Å². The Balaban J connectivity index is 1.81. The second kappa shape index (κ2) is 24.9. The van der Waals surface area contributed by atoms with E-state index in [9.17, 15) is 5.11 Å². The summed E-state index contributed by atoms with van der Waals surface area (Å²) in [6.07, 6.45) is 19.3. The first-order valence-corrected chi connectivity index (χ1v) is 23.5. The molecule has 0 atom stereocenters. The molecule has 4 aromatic carbocycles. The highest BCUT2D eigenvalue weighted by Gasteiger charge is 2.21. The highest BCUT2D eigenvalue weighted by molar-refractivity contribution is 5.50. The van der Waals surface area contributed by atoms with Crippen LogP contribution in [0.1, 0.15) is 187 Å². The van der Waals surface area contributed by atoms with Crippen molar-refractivity contribution in [3.05, 3.63) is 115 Å². The van der Waals surface area contributed by atoms with Gasteiger partial charge in [-0.1, -0.05) is 144 Å². The molecule has 0 fully saturated rings. The Labute approximate surface area is 354 Å². The van der Waals surface area contributed by atoms with E-state index in [1.165, 1.54) is 50.1 Å². The van der Waals surface area contributed by atoms with Crippen LogP contribution < -0.4 is 14.2 Å². The SMILES string of the molecule is CCCc1ccc(OCc2ccc(O)c(COc3ccc(CCC)c(CCC)c3CCC)c2COc2ccc(CCC)c(CCC)c2CCC)c(CCC)c1CCC. The third kappa shape index (κ3) is 12.1. The molecule has 0 bridgehead atoms. The Morgan fingerprint density at radius 1 is 0.293 bits per heavy atom. The van der Waals surface area contributed by atoms with Crippen molar-refractivity contribution in [2.45, 2.75) is 198 Å². The lowest BCUT2D eigenvalue weighted by atomic mass is 9.91. The lowest BCUT2D eigenvalue weighted by Gasteiger charge is -2.23. The van der Waals surface area contributed by atoms with Crippen LogP contribution in [0.3, 0.4) is 0 Å². The molecule has 0 aliphatic carbocycles. The van der Waals surface area contributed by atoms with E-state index in [4.69, 9.17) is 14.2 Å². The van der Waals surface area contributed by atoms with E-state index in [-0.39, 0.29) is 12.4 Å². The molecule has 4 heteroatoms. The first kappa shape index (κ1) is 46.8. The van der Waals surface area contributed by atoms with Crippen LogP contribution in [-0.4, -0.2) is 5.11 Å². The molecule has 0 saturated carbocycles. The smallest absolute Gasteiger partial charge is 0.123 e. The predicted octanol–water partition coefficient (Wildman–Crippen LogP) is 14.7. The molecule has 58 heavy (non-hydrogen) atoms. The van der Waals surface area contributed by atoms with Crippen molar-refractivity contribution >= 4 is 0 Å². The van der Waals surface area contributed by atoms with Crippen LogP contribution in [-0.2, 0) is 77.6 Å². The van der Waals surface area contributed by atoms with E-state index in [0.717, 1.165) is 150 Å². The Morgan fingerprint density at radius 2 is 0.586 bits per heavy atom. The minimum atomic E-state index is 0.232. The van der Waals surface area contributed by atoms with Gasteiger partial charge in [0.1, 0.15) is 42.8 Å². The van der Waals surface area contributed by atoms with Crippen LogP contribution in [0.4, 0.5) is 0 Å². The van der Waals surface area contributed by atoms with E-state index in [1.54, 1.807) is 0 Å². The van der Waals surface area contributed by atoms with Crippen molar-refractivity contribution in [2.75, 3.05) is 0 Å². The second-order valence-corrected chi connectivity index (χ2v) is 16.4. The third-order valence-electron chi connectivity index (χ3n) is 11.6. The summed E-state index contributed by atoms with van der Waals surface area (Å²) in [5, 5.41) is 11.7.